The van der Waals surface area contributed by atoms with Gasteiger partial charge in [-0.2, -0.15) is 5.10 Å². The Morgan fingerprint density at radius 3 is 2.53 bits per heavy atom. The molecule has 0 spiro atoms. The molecule has 2 aromatic heterocycles. The van der Waals surface area contributed by atoms with Crippen LogP contribution in [0, 0.1) is 13.8 Å². The van der Waals surface area contributed by atoms with Gasteiger partial charge >= 0.3 is 0 Å². The molecule has 0 atom stereocenters. The molecule has 5 rings (SSSR count). The summed E-state index contributed by atoms with van der Waals surface area (Å²) in [5.41, 5.74) is 5.28. The summed E-state index contributed by atoms with van der Waals surface area (Å²) in [6.45, 7) is 4.79. The molecule has 8 nitrogen and oxygen atoms in total. The van der Waals surface area contributed by atoms with Gasteiger partial charge in [0.25, 0.3) is 5.91 Å². The van der Waals surface area contributed by atoms with Crippen LogP contribution in [0.1, 0.15) is 45.7 Å². The van der Waals surface area contributed by atoms with Crippen LogP contribution in [0.15, 0.2) is 52.9 Å². The van der Waals surface area contributed by atoms with Gasteiger partial charge in [-0.05, 0) is 62.1 Å². The lowest BCUT2D eigenvalue weighted by atomic mass is 9.84. The van der Waals surface area contributed by atoms with E-state index >= 15 is 0 Å². The van der Waals surface area contributed by atoms with E-state index in [4.69, 9.17) is 0 Å². The van der Waals surface area contributed by atoms with Crippen molar-refractivity contribution in [3.63, 3.8) is 0 Å². The van der Waals surface area contributed by atoms with E-state index in [9.17, 15) is 18.3 Å². The van der Waals surface area contributed by atoms with Crippen LogP contribution < -0.4 is 0 Å². The predicted octanol–water partition coefficient (Wildman–Crippen LogP) is 3.82. The molecule has 1 amide bonds. The first-order chi connectivity index (χ1) is 17.2. The monoisotopic (exact) mass is 524 g/mol. The quantitative estimate of drug-likeness (QED) is 0.396. The van der Waals surface area contributed by atoms with Crippen molar-refractivity contribution in [2.45, 2.75) is 49.4 Å². The standard InChI is InChI=1S/C26H28N4O4S2/c1-17-21(18(2)29-28-17)14-26(32)10-12-30(13-11-26)25(31)20-8-6-19(7-9-20)15-36(33,34)23-5-3-4-22-24(23)27-16-35-22/h3-9,16,32H,10-15H2,1-2H3,(H,28,29). The molecule has 0 radical (unpaired) electrons. The molecule has 0 aliphatic carbocycles. The Bertz CT molecular complexity index is 1500. The van der Waals surface area contributed by atoms with Crippen molar-refractivity contribution in [3.05, 3.63) is 76.1 Å². The van der Waals surface area contributed by atoms with Crippen molar-refractivity contribution in [2.24, 2.45) is 0 Å². The summed E-state index contributed by atoms with van der Waals surface area (Å²) in [4.78, 5) is 19.3. The number of nitrogens with zero attached hydrogens (tertiary/aromatic N) is 3. The fourth-order valence-corrected chi connectivity index (χ4v) is 7.10. The molecule has 0 bridgehead atoms. The molecule has 36 heavy (non-hydrogen) atoms. The number of fused-ring (bicyclic) bond motifs is 1. The minimum atomic E-state index is -3.59. The van der Waals surface area contributed by atoms with E-state index < -0.39 is 15.4 Å². The van der Waals surface area contributed by atoms with Gasteiger partial charge in [0.05, 0.1) is 37.7 Å². The number of thiazole rings is 1. The number of sulfone groups is 1. The van der Waals surface area contributed by atoms with Gasteiger partial charge in [-0.15, -0.1) is 11.3 Å². The largest absolute Gasteiger partial charge is 0.389 e. The lowest BCUT2D eigenvalue weighted by molar-refractivity contribution is -0.0164. The number of piperidine rings is 1. The average molecular weight is 525 g/mol. The second kappa shape index (κ2) is 9.42. The molecule has 2 aromatic carbocycles. The summed E-state index contributed by atoms with van der Waals surface area (Å²) < 4.78 is 26.9. The third-order valence-electron chi connectivity index (χ3n) is 6.98. The number of hydrogen-bond acceptors (Lipinski definition) is 7. The zero-order valence-corrected chi connectivity index (χ0v) is 21.8. The number of aromatic nitrogens is 3. The number of carbonyl (C=O) groups excluding carboxylic acids is 1. The highest BCUT2D eigenvalue weighted by Gasteiger charge is 2.35. The van der Waals surface area contributed by atoms with Gasteiger partial charge in [-0.25, -0.2) is 13.4 Å². The summed E-state index contributed by atoms with van der Waals surface area (Å²) in [7, 11) is -3.59. The number of benzene rings is 2. The maximum atomic E-state index is 13.1. The van der Waals surface area contributed by atoms with Gasteiger partial charge in [0.1, 0.15) is 0 Å². The van der Waals surface area contributed by atoms with Crippen molar-refractivity contribution in [1.29, 1.82) is 0 Å². The van der Waals surface area contributed by atoms with Crippen molar-refractivity contribution >= 4 is 37.3 Å². The summed E-state index contributed by atoms with van der Waals surface area (Å²) in [5.74, 6) is -0.281. The first-order valence-corrected chi connectivity index (χ1v) is 14.3. The lowest BCUT2D eigenvalue weighted by Gasteiger charge is -2.38. The van der Waals surface area contributed by atoms with Crippen molar-refractivity contribution < 1.29 is 18.3 Å². The van der Waals surface area contributed by atoms with E-state index in [1.807, 2.05) is 19.9 Å². The third-order valence-corrected chi connectivity index (χ3v) is 9.49. The Balaban J connectivity index is 1.23. The number of aryl methyl sites for hydroxylation is 2. The van der Waals surface area contributed by atoms with Gasteiger partial charge in [0, 0.05) is 30.8 Å². The molecular formula is C26H28N4O4S2. The Morgan fingerprint density at radius 2 is 1.86 bits per heavy atom. The van der Waals surface area contributed by atoms with Crippen LogP contribution >= 0.6 is 11.3 Å². The van der Waals surface area contributed by atoms with Gasteiger partial charge in [-0.1, -0.05) is 18.2 Å². The number of amides is 1. The van der Waals surface area contributed by atoms with E-state index in [0.29, 0.717) is 49.0 Å². The Labute approximate surface area is 213 Å². The Hall–Kier alpha value is -3.08. The molecule has 4 aromatic rings. The number of nitrogens with one attached hydrogen (secondary N) is 1. The zero-order chi connectivity index (χ0) is 25.5. The van der Waals surface area contributed by atoms with Crippen LogP contribution in [0.5, 0.6) is 0 Å². The van der Waals surface area contributed by atoms with Crippen molar-refractivity contribution in [3.8, 4) is 0 Å². The minimum Gasteiger partial charge on any atom is -0.389 e. The number of para-hydroxylation sites is 1. The molecule has 3 heterocycles. The van der Waals surface area contributed by atoms with Gasteiger partial charge in [0.15, 0.2) is 9.84 Å². The summed E-state index contributed by atoms with van der Waals surface area (Å²) in [5, 5.41) is 18.3. The topological polar surface area (TPSA) is 116 Å². The Morgan fingerprint density at radius 1 is 1.14 bits per heavy atom. The molecule has 0 unspecified atom stereocenters. The molecular weight excluding hydrogens is 496 g/mol. The van der Waals surface area contributed by atoms with E-state index in [2.05, 4.69) is 15.2 Å². The van der Waals surface area contributed by atoms with Crippen LogP contribution in [-0.2, 0) is 22.0 Å². The first kappa shape index (κ1) is 24.6. The van der Waals surface area contributed by atoms with Gasteiger partial charge in [-0.3, -0.25) is 9.89 Å². The highest BCUT2D eigenvalue weighted by Crippen LogP contribution is 2.30. The van der Waals surface area contributed by atoms with Gasteiger partial charge < -0.3 is 10.0 Å². The fourth-order valence-electron chi connectivity index (χ4n) is 4.80. The molecule has 1 saturated heterocycles. The normalized spacial score (nSPS) is 15.9. The number of carbonyl (C=O) groups is 1. The third kappa shape index (κ3) is 4.80. The summed E-state index contributed by atoms with van der Waals surface area (Å²) >= 11 is 1.41. The predicted molar refractivity (Wildman–Crippen MR) is 139 cm³/mol. The van der Waals surface area contributed by atoms with E-state index in [0.717, 1.165) is 21.7 Å². The number of hydrogen-bond donors (Lipinski definition) is 2. The highest BCUT2D eigenvalue weighted by atomic mass is 32.2. The van der Waals surface area contributed by atoms with Gasteiger partial charge in [0.2, 0.25) is 0 Å². The fraction of sp³-hybridized carbons (Fsp3) is 0.346. The molecule has 10 heteroatoms. The van der Waals surface area contributed by atoms with E-state index in [1.165, 1.54) is 11.3 Å². The molecule has 1 aliphatic heterocycles. The van der Waals surface area contributed by atoms with Crippen molar-refractivity contribution in [1.82, 2.24) is 20.1 Å². The van der Waals surface area contributed by atoms with Crippen LogP contribution in [0.2, 0.25) is 0 Å². The maximum Gasteiger partial charge on any atom is 0.253 e. The lowest BCUT2D eigenvalue weighted by Crippen LogP contribution is -2.47. The number of likely N-dealkylation sites (tertiary alicyclic amines) is 1. The van der Waals surface area contributed by atoms with Crippen LogP contribution in [-0.4, -0.2) is 58.2 Å². The molecule has 0 saturated carbocycles. The zero-order valence-electron chi connectivity index (χ0n) is 20.2. The SMILES string of the molecule is Cc1n[nH]c(C)c1CC1(O)CCN(C(=O)c2ccc(CS(=O)(=O)c3cccc4scnc34)cc2)CC1. The first-order valence-electron chi connectivity index (χ1n) is 11.8. The number of rotatable bonds is 6. The molecule has 1 aliphatic rings. The highest BCUT2D eigenvalue weighted by molar-refractivity contribution is 7.90. The second-order valence-corrected chi connectivity index (χ2v) is 12.4. The van der Waals surface area contributed by atoms with Crippen LogP contribution in [0.4, 0.5) is 0 Å². The Kier molecular flexibility index (Phi) is 6.44. The second-order valence-electron chi connectivity index (χ2n) is 9.52. The van der Waals surface area contributed by atoms with E-state index in [-0.39, 0.29) is 16.6 Å². The number of H-pyrrole nitrogens is 1. The minimum absolute atomic E-state index is 0.116. The average Bonchev–Trinajstić information content (AvgIpc) is 3.46. The molecule has 1 fully saturated rings. The van der Waals surface area contributed by atoms with E-state index in [1.54, 1.807) is 46.8 Å². The van der Waals surface area contributed by atoms with Crippen molar-refractivity contribution in [2.75, 3.05) is 13.1 Å². The molecule has 2 N–H and O–H groups in total. The number of aromatic amines is 1. The van der Waals surface area contributed by atoms with Crippen LogP contribution in [0.25, 0.3) is 10.2 Å². The van der Waals surface area contributed by atoms with Crippen LogP contribution in [0.3, 0.4) is 0 Å². The molecule has 188 valence electrons. The maximum absolute atomic E-state index is 13.1. The number of aliphatic hydroxyl groups is 1. The smallest absolute Gasteiger partial charge is 0.253 e. The summed E-state index contributed by atoms with van der Waals surface area (Å²) in [6.07, 6.45) is 1.49. The summed E-state index contributed by atoms with van der Waals surface area (Å²) in [6, 6.07) is 11.9.